The van der Waals surface area contributed by atoms with Crippen molar-refractivity contribution in [1.29, 1.82) is 0 Å². The van der Waals surface area contributed by atoms with Crippen molar-refractivity contribution in [2.45, 2.75) is 66.0 Å². The van der Waals surface area contributed by atoms with E-state index >= 15 is 0 Å². The molecule has 0 aromatic carbocycles. The lowest BCUT2D eigenvalue weighted by molar-refractivity contribution is -0.108. The maximum Gasteiger partial charge on any atom is 0.120 e. The zero-order valence-electron chi connectivity index (χ0n) is 23.1. The Balaban J connectivity index is 0.000000917. The number of terminal acetylenes is 1. The monoisotopic (exact) mass is 510 g/mol. The van der Waals surface area contributed by atoms with Crippen LogP contribution < -0.4 is 5.32 Å². The van der Waals surface area contributed by atoms with E-state index in [4.69, 9.17) is 0 Å². The van der Waals surface area contributed by atoms with Gasteiger partial charge in [-0.1, -0.05) is 50.8 Å². The van der Waals surface area contributed by atoms with E-state index in [1.807, 2.05) is 26.1 Å². The van der Waals surface area contributed by atoms with Crippen LogP contribution in [0.5, 0.6) is 0 Å². The van der Waals surface area contributed by atoms with Gasteiger partial charge in [-0.25, -0.2) is 0 Å². The van der Waals surface area contributed by atoms with E-state index in [2.05, 4.69) is 79.7 Å². The number of hydrogen-bond donors (Lipinski definition) is 2. The third-order valence-corrected chi connectivity index (χ3v) is 6.82. The van der Waals surface area contributed by atoms with E-state index in [-0.39, 0.29) is 11.5 Å². The molecule has 0 saturated heterocycles. The van der Waals surface area contributed by atoms with Crippen molar-refractivity contribution in [3.8, 4) is 12.3 Å². The molecule has 1 aromatic heterocycles. The van der Waals surface area contributed by atoms with Gasteiger partial charge in [0.2, 0.25) is 0 Å². The largest absolute Gasteiger partial charge is 0.508 e. The fourth-order valence-electron chi connectivity index (χ4n) is 4.46. The molecule has 5 heteroatoms. The Hall–Kier alpha value is -2.65. The number of aliphatic hydroxyl groups excluding tert-OH is 1. The van der Waals surface area contributed by atoms with Crippen LogP contribution in [0.2, 0.25) is 0 Å². The van der Waals surface area contributed by atoms with Crippen molar-refractivity contribution in [2.75, 3.05) is 20.6 Å². The van der Waals surface area contributed by atoms with E-state index in [1.165, 1.54) is 16.0 Å². The number of nitrogens with one attached hydrogen (secondary N) is 1. The van der Waals surface area contributed by atoms with Crippen LogP contribution in [0.1, 0.15) is 58.3 Å². The van der Waals surface area contributed by atoms with Crippen molar-refractivity contribution in [3.05, 3.63) is 82.3 Å². The van der Waals surface area contributed by atoms with Crippen molar-refractivity contribution < 1.29 is 9.90 Å². The van der Waals surface area contributed by atoms with Gasteiger partial charge in [0, 0.05) is 29.3 Å². The molecule has 0 amide bonds. The van der Waals surface area contributed by atoms with Crippen LogP contribution in [-0.2, 0) is 11.3 Å². The maximum atomic E-state index is 11.1. The number of hydrogen-bond acceptors (Lipinski definition) is 5. The Labute approximate surface area is 224 Å². The second kappa shape index (κ2) is 19.5. The zero-order valence-corrected chi connectivity index (χ0v) is 23.9. The summed E-state index contributed by atoms with van der Waals surface area (Å²) in [6.07, 6.45) is 20.4. The molecule has 0 aliphatic heterocycles. The molecule has 1 aliphatic carbocycles. The SMILES string of the molecule is C#CC.C=C/C=C\C1=CC/C(=C\C(O)=C/C)C(N(C)CCC)C1(C)CCC=O.CNCc1cccs1. The molecule has 36 heavy (non-hydrogen) atoms. The molecular formula is C31H46N2O2S. The Morgan fingerprint density at radius 2 is 2.17 bits per heavy atom. The first kappa shape index (κ1) is 33.4. The number of aldehydes is 1. The number of likely N-dealkylation sites (N-methyl/N-ethyl adjacent to an activating group) is 1. The second-order valence-electron chi connectivity index (χ2n) is 8.80. The molecule has 0 radical (unpaired) electrons. The summed E-state index contributed by atoms with van der Waals surface area (Å²) >= 11 is 1.78. The number of nitrogens with zero attached hydrogens (tertiary/aromatic N) is 1. The van der Waals surface area contributed by atoms with Gasteiger partial charge in [-0.05, 0) is 88.5 Å². The van der Waals surface area contributed by atoms with E-state index in [0.29, 0.717) is 12.2 Å². The standard InChI is InChI=1S/C22H33NO2.C6H9NS.C3H4/c1-6-9-11-19-13-12-18(17-20(25)8-3)21(23(5)15-7-2)22(19,4)14-10-16-24;1-7-5-6-3-2-4-8-6;1-3-2/h6,8-9,11,13,16-17,21,25H,1,7,10,12,14-15H2,2-5H3;2-4,7H,5H2,1H3;1H,2H3/b11-9-,18-17+,20-8+;;. The summed E-state index contributed by atoms with van der Waals surface area (Å²) in [4.78, 5) is 14.8. The van der Waals surface area contributed by atoms with Crippen LogP contribution in [0.25, 0.3) is 0 Å². The number of thiophene rings is 1. The lowest BCUT2D eigenvalue weighted by Crippen LogP contribution is -2.49. The molecule has 2 rings (SSSR count). The normalized spacial score (nSPS) is 20.6. The summed E-state index contributed by atoms with van der Waals surface area (Å²) in [7, 11) is 4.09. The lowest BCUT2D eigenvalue weighted by atomic mass is 9.65. The third-order valence-electron chi connectivity index (χ3n) is 5.94. The van der Waals surface area contributed by atoms with Crippen LogP contribution in [0.15, 0.2) is 77.5 Å². The Kier molecular flexibility index (Phi) is 18.1. The highest BCUT2D eigenvalue weighted by Gasteiger charge is 2.42. The summed E-state index contributed by atoms with van der Waals surface area (Å²) in [5.41, 5.74) is 2.23. The van der Waals surface area contributed by atoms with E-state index in [9.17, 15) is 9.90 Å². The zero-order chi connectivity index (χ0) is 27.4. The van der Waals surface area contributed by atoms with Crippen LogP contribution in [0.4, 0.5) is 0 Å². The van der Waals surface area contributed by atoms with E-state index in [0.717, 1.165) is 38.6 Å². The molecule has 1 heterocycles. The lowest BCUT2D eigenvalue weighted by Gasteiger charge is -2.47. The van der Waals surface area contributed by atoms with Gasteiger partial charge in [0.05, 0.1) is 0 Å². The first-order valence-corrected chi connectivity index (χ1v) is 13.4. The predicted molar refractivity (Wildman–Crippen MR) is 158 cm³/mol. The molecule has 0 saturated carbocycles. The fourth-order valence-corrected chi connectivity index (χ4v) is 5.18. The minimum absolute atomic E-state index is 0.143. The molecule has 2 atom stereocenters. The average Bonchev–Trinajstić information content (AvgIpc) is 3.37. The van der Waals surface area contributed by atoms with Gasteiger partial charge in [0.1, 0.15) is 12.0 Å². The number of rotatable bonds is 11. The van der Waals surface area contributed by atoms with Crippen LogP contribution in [0, 0.1) is 17.8 Å². The van der Waals surface area contributed by atoms with E-state index in [1.54, 1.807) is 30.4 Å². The molecule has 1 aromatic rings. The number of aliphatic hydroxyl groups is 1. The molecule has 0 bridgehead atoms. The Morgan fingerprint density at radius 3 is 2.67 bits per heavy atom. The molecule has 2 unspecified atom stereocenters. The highest BCUT2D eigenvalue weighted by atomic mass is 32.1. The molecule has 2 N–H and O–H groups in total. The van der Waals surface area contributed by atoms with E-state index < -0.39 is 0 Å². The van der Waals surface area contributed by atoms with Gasteiger partial charge in [-0.15, -0.1) is 23.7 Å². The fraction of sp³-hybridized carbons (Fsp3) is 0.452. The topological polar surface area (TPSA) is 52.6 Å². The predicted octanol–water partition coefficient (Wildman–Crippen LogP) is 7.25. The first-order chi connectivity index (χ1) is 17.3. The second-order valence-corrected chi connectivity index (χ2v) is 9.83. The van der Waals surface area contributed by atoms with Crippen LogP contribution in [0.3, 0.4) is 0 Å². The summed E-state index contributed by atoms with van der Waals surface area (Å²) < 4.78 is 0. The molecule has 0 spiro atoms. The van der Waals surface area contributed by atoms with Gasteiger partial charge < -0.3 is 15.2 Å². The van der Waals surface area contributed by atoms with Gasteiger partial charge in [0.25, 0.3) is 0 Å². The highest BCUT2D eigenvalue weighted by Crippen LogP contribution is 2.46. The quantitative estimate of drug-likeness (QED) is 0.142. The van der Waals surface area contributed by atoms with Crippen LogP contribution in [-0.4, -0.2) is 43.0 Å². The Morgan fingerprint density at radius 1 is 1.47 bits per heavy atom. The molecule has 4 nitrogen and oxygen atoms in total. The number of carbonyl (C=O) groups is 1. The van der Waals surface area contributed by atoms with Crippen molar-refractivity contribution >= 4 is 17.6 Å². The summed E-state index contributed by atoms with van der Waals surface area (Å²) in [5, 5.41) is 15.2. The number of allylic oxidation sites excluding steroid dienone is 6. The molecular weight excluding hydrogens is 464 g/mol. The minimum atomic E-state index is -0.192. The summed E-state index contributed by atoms with van der Waals surface area (Å²) in [6.45, 7) is 13.6. The van der Waals surface area contributed by atoms with Gasteiger partial charge in [-0.2, -0.15) is 0 Å². The molecule has 1 aliphatic rings. The first-order valence-electron chi connectivity index (χ1n) is 12.5. The number of carbonyl (C=O) groups excluding carboxylic acids is 1. The highest BCUT2D eigenvalue weighted by molar-refractivity contribution is 7.09. The van der Waals surface area contributed by atoms with Gasteiger partial charge >= 0.3 is 0 Å². The van der Waals surface area contributed by atoms with Crippen molar-refractivity contribution in [2.24, 2.45) is 5.41 Å². The van der Waals surface area contributed by atoms with Gasteiger partial charge in [0.15, 0.2) is 0 Å². The summed E-state index contributed by atoms with van der Waals surface area (Å²) in [6, 6.07) is 4.34. The molecule has 0 fully saturated rings. The smallest absolute Gasteiger partial charge is 0.120 e. The maximum absolute atomic E-state index is 11.1. The van der Waals surface area contributed by atoms with Gasteiger partial charge in [-0.3, -0.25) is 4.90 Å². The van der Waals surface area contributed by atoms with Crippen molar-refractivity contribution in [3.63, 3.8) is 0 Å². The minimum Gasteiger partial charge on any atom is -0.508 e. The Bertz CT molecular complexity index is 919. The summed E-state index contributed by atoms with van der Waals surface area (Å²) in [5.74, 6) is 2.54. The van der Waals surface area contributed by atoms with Crippen molar-refractivity contribution in [1.82, 2.24) is 10.2 Å². The molecule has 198 valence electrons. The third kappa shape index (κ3) is 11.4. The average molecular weight is 511 g/mol. The van der Waals surface area contributed by atoms with Crippen LogP contribution >= 0.6 is 11.3 Å².